The molecule has 2 rings (SSSR count). The summed E-state index contributed by atoms with van der Waals surface area (Å²) in [6.45, 7) is 17.9. The average molecular weight is 353 g/mol. The van der Waals surface area contributed by atoms with Crippen molar-refractivity contribution in [2.75, 3.05) is 13.1 Å². The van der Waals surface area contributed by atoms with E-state index >= 15 is 0 Å². The van der Waals surface area contributed by atoms with E-state index in [4.69, 9.17) is 14.0 Å². The minimum absolute atomic E-state index is 0.122. The van der Waals surface area contributed by atoms with Crippen LogP contribution in [0.1, 0.15) is 68.2 Å². The highest BCUT2D eigenvalue weighted by Crippen LogP contribution is 2.38. The maximum Gasteiger partial charge on any atom is 0.457 e. The Hall–Kier alpha value is -0.745. The molecule has 2 aliphatic heterocycles. The van der Waals surface area contributed by atoms with E-state index in [0.717, 1.165) is 32.3 Å². The summed E-state index contributed by atoms with van der Waals surface area (Å²) < 4.78 is 17.6. The third-order valence-electron chi connectivity index (χ3n) is 5.74. The summed E-state index contributed by atoms with van der Waals surface area (Å²) in [4.78, 5) is 14.1. The monoisotopic (exact) mass is 353 g/mol. The second kappa shape index (κ2) is 7.11. The van der Waals surface area contributed by atoms with Crippen LogP contribution in [0.4, 0.5) is 4.79 Å². The predicted molar refractivity (Wildman–Crippen MR) is 101 cm³/mol. The summed E-state index contributed by atoms with van der Waals surface area (Å²) in [6, 6.07) is 0. The van der Waals surface area contributed by atoms with Crippen molar-refractivity contribution in [3.63, 3.8) is 0 Å². The Morgan fingerprint density at radius 1 is 1.16 bits per heavy atom. The minimum atomic E-state index is -0.435. The van der Waals surface area contributed by atoms with Crippen LogP contribution >= 0.6 is 0 Å². The van der Waals surface area contributed by atoms with Gasteiger partial charge >= 0.3 is 13.2 Å². The molecule has 2 fully saturated rings. The number of rotatable bonds is 4. The van der Waals surface area contributed by atoms with Crippen molar-refractivity contribution < 1.29 is 18.8 Å². The van der Waals surface area contributed by atoms with E-state index in [2.05, 4.69) is 34.6 Å². The van der Waals surface area contributed by atoms with Crippen LogP contribution in [-0.4, -0.2) is 48.0 Å². The quantitative estimate of drug-likeness (QED) is 0.705. The molecular formula is C19H36BNO4. The third-order valence-corrected chi connectivity index (χ3v) is 5.74. The average Bonchev–Trinajstić information content (AvgIpc) is 2.86. The van der Waals surface area contributed by atoms with Crippen molar-refractivity contribution in [1.29, 1.82) is 0 Å². The number of amides is 1. The van der Waals surface area contributed by atoms with Crippen LogP contribution in [0.25, 0.3) is 0 Å². The second-order valence-electron chi connectivity index (χ2n) is 9.74. The smallest absolute Gasteiger partial charge is 0.444 e. The number of ether oxygens (including phenoxy) is 1. The van der Waals surface area contributed by atoms with Crippen LogP contribution in [0.3, 0.4) is 0 Å². The van der Waals surface area contributed by atoms with Crippen LogP contribution in [0.15, 0.2) is 0 Å². The number of carbonyl (C=O) groups excluding carboxylic acids is 1. The van der Waals surface area contributed by atoms with Crippen LogP contribution in [0, 0.1) is 11.8 Å². The van der Waals surface area contributed by atoms with Gasteiger partial charge in [0.05, 0.1) is 11.2 Å². The van der Waals surface area contributed by atoms with E-state index in [1.165, 1.54) is 0 Å². The summed E-state index contributed by atoms with van der Waals surface area (Å²) in [5.41, 5.74) is -0.952. The van der Waals surface area contributed by atoms with Gasteiger partial charge in [0.2, 0.25) is 0 Å². The Morgan fingerprint density at radius 2 is 1.72 bits per heavy atom. The highest BCUT2D eigenvalue weighted by atomic mass is 16.7. The highest BCUT2D eigenvalue weighted by molar-refractivity contribution is 6.45. The molecule has 0 N–H and O–H groups in total. The molecule has 0 bridgehead atoms. The molecular weight excluding hydrogens is 317 g/mol. The predicted octanol–water partition coefficient (Wildman–Crippen LogP) is 4.36. The molecule has 2 heterocycles. The normalized spacial score (nSPS) is 28.5. The number of carbonyl (C=O) groups is 1. The van der Waals surface area contributed by atoms with Gasteiger partial charge < -0.3 is 18.9 Å². The first-order valence-corrected chi connectivity index (χ1v) is 9.64. The van der Waals surface area contributed by atoms with Gasteiger partial charge in [-0.15, -0.1) is 0 Å². The van der Waals surface area contributed by atoms with Crippen LogP contribution < -0.4 is 0 Å². The molecule has 2 unspecified atom stereocenters. The van der Waals surface area contributed by atoms with Gasteiger partial charge in [0.1, 0.15) is 5.60 Å². The molecule has 2 atom stereocenters. The highest BCUT2D eigenvalue weighted by Gasteiger charge is 2.50. The maximum absolute atomic E-state index is 12.2. The van der Waals surface area contributed by atoms with Gasteiger partial charge in [-0.3, -0.25) is 0 Å². The largest absolute Gasteiger partial charge is 0.457 e. The molecule has 2 saturated heterocycles. The molecule has 0 aromatic rings. The molecule has 144 valence electrons. The number of hydrogen-bond acceptors (Lipinski definition) is 4. The van der Waals surface area contributed by atoms with Crippen molar-refractivity contribution in [3.05, 3.63) is 0 Å². The van der Waals surface area contributed by atoms with Crippen molar-refractivity contribution in [1.82, 2.24) is 4.90 Å². The van der Waals surface area contributed by atoms with E-state index in [0.29, 0.717) is 11.8 Å². The Labute approximate surface area is 153 Å². The van der Waals surface area contributed by atoms with Gasteiger partial charge in [-0.25, -0.2) is 4.79 Å². The first-order valence-electron chi connectivity index (χ1n) is 9.64. The van der Waals surface area contributed by atoms with Crippen molar-refractivity contribution >= 4 is 13.2 Å². The number of hydrogen-bond donors (Lipinski definition) is 0. The zero-order valence-corrected chi connectivity index (χ0v) is 17.3. The molecule has 0 aliphatic carbocycles. The number of likely N-dealkylation sites (tertiary alicyclic amines) is 1. The van der Waals surface area contributed by atoms with Crippen molar-refractivity contribution in [2.24, 2.45) is 11.8 Å². The molecule has 6 heteroatoms. The van der Waals surface area contributed by atoms with Crippen LogP contribution in [0.2, 0.25) is 6.32 Å². The summed E-state index contributed by atoms with van der Waals surface area (Å²) >= 11 is 0. The fourth-order valence-corrected chi connectivity index (χ4v) is 3.52. The van der Waals surface area contributed by atoms with Gasteiger partial charge in [-0.05, 0) is 73.0 Å². The molecule has 2 aliphatic rings. The zero-order valence-electron chi connectivity index (χ0n) is 17.3. The van der Waals surface area contributed by atoms with E-state index in [9.17, 15) is 4.79 Å². The molecule has 5 nitrogen and oxygen atoms in total. The summed E-state index contributed by atoms with van der Waals surface area (Å²) in [7, 11) is -0.122. The zero-order chi connectivity index (χ0) is 19.0. The molecule has 0 aromatic heterocycles. The van der Waals surface area contributed by atoms with E-state index < -0.39 is 5.60 Å². The number of nitrogens with zero attached hydrogens (tertiary/aromatic N) is 1. The third kappa shape index (κ3) is 5.13. The lowest BCUT2D eigenvalue weighted by atomic mass is 9.80. The maximum atomic E-state index is 12.2. The van der Waals surface area contributed by atoms with Gasteiger partial charge in [-0.1, -0.05) is 13.3 Å². The van der Waals surface area contributed by atoms with Gasteiger partial charge in [-0.2, -0.15) is 0 Å². The molecule has 0 aromatic carbocycles. The lowest BCUT2D eigenvalue weighted by Gasteiger charge is -2.32. The standard InChI is InChI=1S/C19H36BNO4/c1-14-12-21(16(22)23-17(2,3)4)13-15(14)10-9-11-20-24-18(5,6)19(7,8)25-20/h14-15H,9-13H2,1-8H3. The Balaban J connectivity index is 1.76. The first-order chi connectivity index (χ1) is 11.3. The Morgan fingerprint density at radius 3 is 2.24 bits per heavy atom. The molecule has 0 radical (unpaired) electrons. The van der Waals surface area contributed by atoms with Gasteiger partial charge in [0.25, 0.3) is 0 Å². The minimum Gasteiger partial charge on any atom is -0.444 e. The van der Waals surface area contributed by atoms with Crippen molar-refractivity contribution in [2.45, 2.75) is 91.4 Å². The van der Waals surface area contributed by atoms with Gasteiger partial charge in [0.15, 0.2) is 0 Å². The molecule has 0 saturated carbocycles. The van der Waals surface area contributed by atoms with E-state index in [-0.39, 0.29) is 24.4 Å². The molecule has 0 spiro atoms. The summed E-state index contributed by atoms with van der Waals surface area (Å²) in [5, 5.41) is 0. The Kier molecular flexibility index (Phi) is 5.85. The van der Waals surface area contributed by atoms with E-state index in [1.54, 1.807) is 0 Å². The van der Waals surface area contributed by atoms with Crippen molar-refractivity contribution in [3.8, 4) is 0 Å². The second-order valence-corrected chi connectivity index (χ2v) is 9.74. The molecule has 25 heavy (non-hydrogen) atoms. The lowest BCUT2D eigenvalue weighted by molar-refractivity contribution is 0.00578. The van der Waals surface area contributed by atoms with Gasteiger partial charge in [0, 0.05) is 13.1 Å². The first kappa shape index (κ1) is 20.6. The van der Waals surface area contributed by atoms with E-state index in [1.807, 2.05) is 25.7 Å². The fourth-order valence-electron chi connectivity index (χ4n) is 3.52. The van der Waals surface area contributed by atoms with Crippen LogP contribution in [-0.2, 0) is 14.0 Å². The topological polar surface area (TPSA) is 48.0 Å². The summed E-state index contributed by atoms with van der Waals surface area (Å²) in [6.07, 6.45) is 2.86. The molecule has 1 amide bonds. The lowest BCUT2D eigenvalue weighted by Crippen LogP contribution is -2.41. The SMILES string of the molecule is CC1CN(C(=O)OC(C)(C)C)CC1CCCB1OC(C)(C)C(C)(C)O1. The Bertz CT molecular complexity index is 470. The fraction of sp³-hybridized carbons (Fsp3) is 0.947. The summed E-state index contributed by atoms with van der Waals surface area (Å²) in [5.74, 6) is 1.03. The van der Waals surface area contributed by atoms with Crippen LogP contribution in [0.5, 0.6) is 0 Å².